The van der Waals surface area contributed by atoms with Gasteiger partial charge in [0.15, 0.2) is 0 Å². The van der Waals surface area contributed by atoms with Gasteiger partial charge in [0, 0.05) is 31.1 Å². The first-order valence-corrected chi connectivity index (χ1v) is 10.2. The number of likely N-dealkylation sites (tertiary alicyclic amines) is 1. The van der Waals surface area contributed by atoms with Gasteiger partial charge >= 0.3 is 6.09 Å². The van der Waals surface area contributed by atoms with Crippen LogP contribution in [-0.4, -0.2) is 46.3 Å². The number of pyridine rings is 1. The summed E-state index contributed by atoms with van der Waals surface area (Å²) in [6.45, 7) is 8.41. The van der Waals surface area contributed by atoms with Gasteiger partial charge in [0.1, 0.15) is 12.4 Å². The molecule has 1 unspecified atom stereocenters. The van der Waals surface area contributed by atoms with E-state index in [0.29, 0.717) is 31.7 Å². The molecule has 4 rings (SSSR count). The molecule has 2 aliphatic rings. The van der Waals surface area contributed by atoms with Gasteiger partial charge in [-0.3, -0.25) is 4.98 Å². The number of hydrogen-bond donors (Lipinski definition) is 1. The lowest BCUT2D eigenvalue weighted by molar-refractivity contribution is 0.151. The van der Waals surface area contributed by atoms with Gasteiger partial charge in [-0.05, 0) is 17.4 Å². The summed E-state index contributed by atoms with van der Waals surface area (Å²) >= 11 is 0. The lowest BCUT2D eigenvalue weighted by Crippen LogP contribution is -2.46. The monoisotopic (exact) mass is 395 g/mol. The lowest BCUT2D eigenvalue weighted by Gasteiger charge is -2.39. The molecule has 6 nitrogen and oxygen atoms in total. The van der Waals surface area contributed by atoms with Gasteiger partial charge < -0.3 is 19.6 Å². The van der Waals surface area contributed by atoms with Crippen molar-refractivity contribution >= 4 is 11.8 Å². The Bertz CT molecular complexity index is 865. The van der Waals surface area contributed by atoms with Gasteiger partial charge in [0.05, 0.1) is 24.1 Å². The van der Waals surface area contributed by atoms with E-state index in [0.717, 1.165) is 23.4 Å². The molecule has 0 bridgehead atoms. The van der Waals surface area contributed by atoms with E-state index in [-0.39, 0.29) is 11.5 Å². The van der Waals surface area contributed by atoms with Gasteiger partial charge in [0.2, 0.25) is 0 Å². The second kappa shape index (κ2) is 7.58. The van der Waals surface area contributed by atoms with E-state index in [4.69, 9.17) is 4.74 Å². The highest BCUT2D eigenvalue weighted by Crippen LogP contribution is 2.45. The molecule has 6 heteroatoms. The minimum atomic E-state index is -0.829. The summed E-state index contributed by atoms with van der Waals surface area (Å²) in [7, 11) is 0. The van der Waals surface area contributed by atoms with Gasteiger partial charge in [-0.2, -0.15) is 0 Å². The molecular weight excluding hydrogens is 366 g/mol. The third kappa shape index (κ3) is 4.02. The number of carbonyl (C=O) groups is 1. The van der Waals surface area contributed by atoms with Crippen molar-refractivity contribution in [2.24, 2.45) is 11.3 Å². The standard InChI is InChI=1S/C23H29N3O3/c1-23(2,3)21-9-17-13-25(22(27)28)14-20(17)26(21)18-10-19(12-24-11-18)29-15-16-7-5-4-6-8-16/h4-8,10-12,17,20-21H,9,13-15H2,1-3H3,(H,27,28)/t17-,20+,21?/m0/s1. The van der Waals surface area contributed by atoms with Crippen LogP contribution in [-0.2, 0) is 6.61 Å². The molecule has 2 saturated heterocycles. The molecule has 1 amide bonds. The Morgan fingerprint density at radius 3 is 2.66 bits per heavy atom. The molecule has 2 aromatic rings. The van der Waals surface area contributed by atoms with Crippen molar-refractivity contribution in [1.82, 2.24) is 9.88 Å². The van der Waals surface area contributed by atoms with Gasteiger partial charge in [-0.25, -0.2) is 4.79 Å². The Hall–Kier alpha value is -2.76. The van der Waals surface area contributed by atoms with Crippen molar-refractivity contribution < 1.29 is 14.6 Å². The number of benzene rings is 1. The summed E-state index contributed by atoms with van der Waals surface area (Å²) in [5.74, 6) is 1.08. The Kier molecular flexibility index (Phi) is 5.11. The predicted molar refractivity (Wildman–Crippen MR) is 112 cm³/mol. The van der Waals surface area contributed by atoms with Crippen LogP contribution in [0.15, 0.2) is 48.8 Å². The van der Waals surface area contributed by atoms with Crippen LogP contribution in [0.3, 0.4) is 0 Å². The summed E-state index contributed by atoms with van der Waals surface area (Å²) in [4.78, 5) is 19.9. The zero-order valence-electron chi connectivity index (χ0n) is 17.3. The molecule has 2 fully saturated rings. The molecule has 0 aliphatic carbocycles. The Morgan fingerprint density at radius 1 is 1.21 bits per heavy atom. The van der Waals surface area contributed by atoms with Crippen LogP contribution < -0.4 is 9.64 Å². The zero-order valence-corrected chi connectivity index (χ0v) is 17.3. The van der Waals surface area contributed by atoms with Crippen molar-refractivity contribution in [2.45, 2.75) is 45.9 Å². The molecule has 3 heterocycles. The maximum atomic E-state index is 11.5. The maximum absolute atomic E-state index is 11.5. The molecule has 0 spiro atoms. The normalized spacial score (nSPS) is 23.9. The fourth-order valence-corrected chi connectivity index (χ4v) is 4.70. The van der Waals surface area contributed by atoms with Crippen LogP contribution in [0.1, 0.15) is 32.8 Å². The summed E-state index contributed by atoms with van der Waals surface area (Å²) < 4.78 is 5.99. The van der Waals surface area contributed by atoms with Gasteiger partial charge in [-0.1, -0.05) is 51.1 Å². The highest BCUT2D eigenvalue weighted by Gasteiger charge is 2.50. The second-order valence-corrected chi connectivity index (χ2v) is 9.19. The maximum Gasteiger partial charge on any atom is 0.407 e. The quantitative estimate of drug-likeness (QED) is 0.838. The topological polar surface area (TPSA) is 65.9 Å². The summed E-state index contributed by atoms with van der Waals surface area (Å²) in [5.41, 5.74) is 2.20. The van der Waals surface area contributed by atoms with Crippen molar-refractivity contribution in [2.75, 3.05) is 18.0 Å². The number of fused-ring (bicyclic) bond motifs is 1. The van der Waals surface area contributed by atoms with Crippen molar-refractivity contribution in [3.63, 3.8) is 0 Å². The number of anilines is 1. The van der Waals surface area contributed by atoms with Crippen LogP contribution in [0.25, 0.3) is 0 Å². The molecule has 29 heavy (non-hydrogen) atoms. The molecule has 1 N–H and O–H groups in total. The molecule has 0 saturated carbocycles. The Morgan fingerprint density at radius 2 is 1.97 bits per heavy atom. The van der Waals surface area contributed by atoms with E-state index in [2.05, 4.69) is 30.7 Å². The summed E-state index contributed by atoms with van der Waals surface area (Å²) in [6.07, 6.45) is 3.78. The fraction of sp³-hybridized carbons (Fsp3) is 0.478. The van der Waals surface area contributed by atoms with Crippen LogP contribution in [0.2, 0.25) is 0 Å². The van der Waals surface area contributed by atoms with Crippen LogP contribution in [0.5, 0.6) is 5.75 Å². The third-order valence-corrected chi connectivity index (χ3v) is 6.14. The molecule has 0 radical (unpaired) electrons. The number of ether oxygens (including phenoxy) is 1. The van der Waals surface area contributed by atoms with Crippen LogP contribution in [0.4, 0.5) is 10.5 Å². The average molecular weight is 396 g/mol. The third-order valence-electron chi connectivity index (χ3n) is 6.14. The predicted octanol–water partition coefficient (Wildman–Crippen LogP) is 4.26. The van der Waals surface area contributed by atoms with E-state index in [1.807, 2.05) is 42.6 Å². The molecule has 2 aliphatic heterocycles. The first kappa shape index (κ1) is 19.6. The van der Waals surface area contributed by atoms with E-state index in [1.54, 1.807) is 11.1 Å². The van der Waals surface area contributed by atoms with Crippen LogP contribution >= 0.6 is 0 Å². The fourth-order valence-electron chi connectivity index (χ4n) is 4.70. The SMILES string of the molecule is CC(C)(C)C1C[C@H]2CN(C(=O)O)C[C@H]2N1c1cncc(OCc2ccccc2)c1. The highest BCUT2D eigenvalue weighted by molar-refractivity contribution is 5.66. The summed E-state index contributed by atoms with van der Waals surface area (Å²) in [5, 5.41) is 9.45. The van der Waals surface area contributed by atoms with Gasteiger partial charge in [-0.15, -0.1) is 0 Å². The number of amides is 1. The van der Waals surface area contributed by atoms with Gasteiger partial charge in [0.25, 0.3) is 0 Å². The number of rotatable bonds is 4. The largest absolute Gasteiger partial charge is 0.487 e. The lowest BCUT2D eigenvalue weighted by atomic mass is 9.83. The highest BCUT2D eigenvalue weighted by atomic mass is 16.5. The summed E-state index contributed by atoms with van der Waals surface area (Å²) in [6, 6.07) is 12.6. The van der Waals surface area contributed by atoms with Crippen molar-refractivity contribution in [3.8, 4) is 5.75 Å². The Labute approximate surface area is 172 Å². The molecule has 154 valence electrons. The van der Waals surface area contributed by atoms with Crippen molar-refractivity contribution in [3.05, 3.63) is 54.4 Å². The van der Waals surface area contributed by atoms with Crippen LogP contribution in [0, 0.1) is 11.3 Å². The smallest absolute Gasteiger partial charge is 0.407 e. The second-order valence-electron chi connectivity index (χ2n) is 9.19. The minimum absolute atomic E-state index is 0.0826. The number of carboxylic acid groups (broad SMARTS) is 1. The molecule has 3 atom stereocenters. The van der Waals surface area contributed by atoms with Crippen molar-refractivity contribution in [1.29, 1.82) is 0 Å². The number of aromatic nitrogens is 1. The first-order valence-electron chi connectivity index (χ1n) is 10.2. The first-order chi connectivity index (χ1) is 13.8. The average Bonchev–Trinajstić information content (AvgIpc) is 3.25. The molecular formula is C23H29N3O3. The number of nitrogens with zero attached hydrogens (tertiary/aromatic N) is 3. The van der Waals surface area contributed by atoms with E-state index in [9.17, 15) is 9.90 Å². The van der Waals surface area contributed by atoms with E-state index in [1.165, 1.54) is 0 Å². The van der Waals surface area contributed by atoms with E-state index < -0.39 is 6.09 Å². The minimum Gasteiger partial charge on any atom is -0.487 e. The number of hydrogen-bond acceptors (Lipinski definition) is 4. The zero-order chi connectivity index (χ0) is 20.6. The van der Waals surface area contributed by atoms with E-state index >= 15 is 0 Å². The Balaban J connectivity index is 1.57. The molecule has 1 aromatic carbocycles. The molecule has 1 aromatic heterocycles.